The Labute approximate surface area is 130 Å². The van der Waals surface area contributed by atoms with Crippen molar-refractivity contribution in [2.75, 3.05) is 13.2 Å². The van der Waals surface area contributed by atoms with Crippen molar-refractivity contribution >= 4 is 23.6 Å². The molecule has 0 spiro atoms. The number of halogens is 1. The lowest BCUT2D eigenvalue weighted by Crippen LogP contribution is -2.38. The second-order valence-corrected chi connectivity index (χ2v) is 4.90. The number of esters is 1. The topological polar surface area (TPSA) is 67.4 Å². The zero-order chi connectivity index (χ0) is 15.7. The Balaban J connectivity index is 2.41. The van der Waals surface area contributed by atoms with E-state index >= 15 is 0 Å². The molecule has 1 aromatic rings. The molecule has 0 heterocycles. The number of hydrogen-bond acceptors (Lipinski definition) is 3. The third-order valence-corrected chi connectivity index (χ3v) is 3.16. The largest absolute Gasteiger partial charge is 0.466 e. The van der Waals surface area contributed by atoms with Gasteiger partial charge in [0.05, 0.1) is 19.1 Å². The van der Waals surface area contributed by atoms with E-state index in [1.54, 1.807) is 19.1 Å². The molecule has 1 atom stereocenters. The van der Waals surface area contributed by atoms with Gasteiger partial charge in [-0.3, -0.25) is 4.79 Å². The van der Waals surface area contributed by atoms with Crippen molar-refractivity contribution in [3.05, 3.63) is 34.9 Å². The quantitative estimate of drug-likeness (QED) is 0.760. The van der Waals surface area contributed by atoms with Crippen LogP contribution in [0.1, 0.15) is 38.3 Å². The van der Waals surface area contributed by atoms with Gasteiger partial charge in [0, 0.05) is 11.6 Å². The predicted octanol–water partition coefficient (Wildman–Crippen LogP) is 3.04. The Morgan fingerprint density at radius 1 is 1.24 bits per heavy atom. The van der Waals surface area contributed by atoms with Crippen LogP contribution < -0.4 is 10.6 Å². The summed E-state index contributed by atoms with van der Waals surface area (Å²) >= 11 is 5.85. The smallest absolute Gasteiger partial charge is 0.315 e. The number of carbonyl (C=O) groups is 2. The molecule has 1 rings (SSSR count). The molecule has 0 saturated heterocycles. The van der Waals surface area contributed by atoms with Gasteiger partial charge in [0.25, 0.3) is 0 Å². The highest BCUT2D eigenvalue weighted by atomic mass is 35.5. The molecule has 0 aromatic heterocycles. The van der Waals surface area contributed by atoms with E-state index in [2.05, 4.69) is 10.6 Å². The van der Waals surface area contributed by atoms with E-state index in [4.69, 9.17) is 16.3 Å². The molecule has 0 radical (unpaired) electrons. The lowest BCUT2D eigenvalue weighted by molar-refractivity contribution is -0.142. The van der Waals surface area contributed by atoms with Crippen LogP contribution in [0, 0.1) is 0 Å². The lowest BCUT2D eigenvalue weighted by Gasteiger charge is -2.18. The lowest BCUT2D eigenvalue weighted by atomic mass is 10.1. The van der Waals surface area contributed by atoms with E-state index in [0.717, 1.165) is 12.0 Å². The molecule has 1 aromatic carbocycles. The van der Waals surface area contributed by atoms with Crippen LogP contribution in [-0.2, 0) is 9.53 Å². The van der Waals surface area contributed by atoms with Crippen molar-refractivity contribution in [3.63, 3.8) is 0 Å². The second-order valence-electron chi connectivity index (χ2n) is 4.47. The van der Waals surface area contributed by atoms with Crippen LogP contribution in [0.3, 0.4) is 0 Å². The molecule has 0 fully saturated rings. The van der Waals surface area contributed by atoms with Crippen molar-refractivity contribution in [2.45, 2.75) is 32.7 Å². The zero-order valence-corrected chi connectivity index (χ0v) is 13.1. The van der Waals surface area contributed by atoms with Crippen LogP contribution in [0.15, 0.2) is 24.3 Å². The molecule has 116 valence electrons. The van der Waals surface area contributed by atoms with Crippen LogP contribution in [0.2, 0.25) is 5.02 Å². The molecule has 5 nitrogen and oxygen atoms in total. The van der Waals surface area contributed by atoms with Gasteiger partial charge in [0.1, 0.15) is 0 Å². The maximum atomic E-state index is 11.8. The number of rotatable bonds is 7. The summed E-state index contributed by atoms with van der Waals surface area (Å²) in [6.07, 6.45) is 0.923. The van der Waals surface area contributed by atoms with Crippen molar-refractivity contribution in [2.24, 2.45) is 0 Å². The normalized spacial score (nSPS) is 11.6. The van der Waals surface area contributed by atoms with Gasteiger partial charge >= 0.3 is 12.0 Å². The maximum Gasteiger partial charge on any atom is 0.315 e. The Morgan fingerprint density at radius 2 is 1.90 bits per heavy atom. The third-order valence-electron chi connectivity index (χ3n) is 2.91. The second kappa shape index (κ2) is 9.23. The molecule has 6 heteroatoms. The highest BCUT2D eigenvalue weighted by Crippen LogP contribution is 2.18. The summed E-state index contributed by atoms with van der Waals surface area (Å²) in [7, 11) is 0. The molecule has 0 unspecified atom stereocenters. The summed E-state index contributed by atoms with van der Waals surface area (Å²) in [5.74, 6) is -0.317. The summed E-state index contributed by atoms with van der Waals surface area (Å²) < 4.78 is 4.78. The van der Waals surface area contributed by atoms with Gasteiger partial charge in [-0.15, -0.1) is 0 Å². The van der Waals surface area contributed by atoms with Crippen molar-refractivity contribution < 1.29 is 14.3 Å². The van der Waals surface area contributed by atoms with Crippen LogP contribution in [-0.4, -0.2) is 25.2 Å². The molecule has 0 bridgehead atoms. The molecule has 0 saturated carbocycles. The number of ether oxygens (including phenoxy) is 1. The molecule has 2 amide bonds. The fraction of sp³-hybridized carbons (Fsp3) is 0.467. The van der Waals surface area contributed by atoms with Crippen molar-refractivity contribution in [3.8, 4) is 0 Å². The number of nitrogens with one attached hydrogen (secondary N) is 2. The van der Waals surface area contributed by atoms with Crippen molar-refractivity contribution in [1.29, 1.82) is 0 Å². The van der Waals surface area contributed by atoms with E-state index in [0.29, 0.717) is 11.6 Å². The first-order chi connectivity index (χ1) is 10.1. The summed E-state index contributed by atoms with van der Waals surface area (Å²) in [6, 6.07) is 6.95. The predicted molar refractivity (Wildman–Crippen MR) is 82.3 cm³/mol. The fourth-order valence-electron chi connectivity index (χ4n) is 1.84. The Hall–Kier alpha value is -1.75. The SMILES string of the molecule is CCOC(=O)CCNC(=O)N[C@H](CC)c1ccc(Cl)cc1. The van der Waals surface area contributed by atoms with E-state index in [9.17, 15) is 9.59 Å². The van der Waals surface area contributed by atoms with Gasteiger partial charge in [0.15, 0.2) is 0 Å². The Bertz CT molecular complexity index is 462. The Morgan fingerprint density at radius 3 is 2.48 bits per heavy atom. The summed E-state index contributed by atoms with van der Waals surface area (Å²) in [4.78, 5) is 22.9. The maximum absolute atomic E-state index is 11.8. The number of hydrogen-bond donors (Lipinski definition) is 2. The molecule has 0 aliphatic heterocycles. The molecule has 0 aliphatic rings. The van der Waals surface area contributed by atoms with Gasteiger partial charge in [-0.1, -0.05) is 30.7 Å². The summed E-state index contributed by atoms with van der Waals surface area (Å²) in [5, 5.41) is 6.16. The highest BCUT2D eigenvalue weighted by Gasteiger charge is 2.12. The minimum absolute atomic E-state index is 0.0927. The first-order valence-electron chi connectivity index (χ1n) is 7.02. The van der Waals surface area contributed by atoms with Gasteiger partial charge in [-0.2, -0.15) is 0 Å². The minimum Gasteiger partial charge on any atom is -0.466 e. The van der Waals surface area contributed by atoms with E-state index < -0.39 is 0 Å². The Kier molecular flexibility index (Phi) is 7.61. The summed E-state index contributed by atoms with van der Waals surface area (Å²) in [5.41, 5.74) is 0.988. The zero-order valence-electron chi connectivity index (χ0n) is 12.3. The molecular formula is C15H21ClN2O3. The standard InChI is InChI=1S/C15H21ClN2O3/c1-3-13(11-5-7-12(16)8-6-11)18-15(20)17-10-9-14(19)21-4-2/h5-8,13H,3-4,9-10H2,1-2H3,(H2,17,18,20)/t13-/m1/s1. The highest BCUT2D eigenvalue weighted by molar-refractivity contribution is 6.30. The fourth-order valence-corrected chi connectivity index (χ4v) is 1.96. The molecule has 2 N–H and O–H groups in total. The number of benzene rings is 1. The van der Waals surface area contributed by atoms with E-state index in [-0.39, 0.29) is 31.0 Å². The van der Waals surface area contributed by atoms with E-state index in [1.165, 1.54) is 0 Å². The van der Waals surface area contributed by atoms with Crippen LogP contribution >= 0.6 is 11.6 Å². The van der Waals surface area contributed by atoms with Gasteiger partial charge in [0.2, 0.25) is 0 Å². The molecule has 21 heavy (non-hydrogen) atoms. The first kappa shape index (κ1) is 17.3. The van der Waals surface area contributed by atoms with Crippen LogP contribution in [0.4, 0.5) is 4.79 Å². The van der Waals surface area contributed by atoms with Gasteiger partial charge in [-0.25, -0.2) is 4.79 Å². The number of urea groups is 1. The monoisotopic (exact) mass is 312 g/mol. The molecular weight excluding hydrogens is 292 g/mol. The van der Waals surface area contributed by atoms with Crippen LogP contribution in [0.5, 0.6) is 0 Å². The number of carbonyl (C=O) groups excluding carboxylic acids is 2. The third kappa shape index (κ3) is 6.49. The number of amides is 2. The van der Waals surface area contributed by atoms with Crippen LogP contribution in [0.25, 0.3) is 0 Å². The molecule has 0 aliphatic carbocycles. The average molecular weight is 313 g/mol. The van der Waals surface area contributed by atoms with Gasteiger partial charge < -0.3 is 15.4 Å². The van der Waals surface area contributed by atoms with Gasteiger partial charge in [-0.05, 0) is 31.0 Å². The summed E-state index contributed by atoms with van der Waals surface area (Å²) in [6.45, 7) is 4.33. The average Bonchev–Trinajstić information content (AvgIpc) is 2.46. The minimum atomic E-state index is -0.317. The van der Waals surface area contributed by atoms with E-state index in [1.807, 2.05) is 19.1 Å². The first-order valence-corrected chi connectivity index (χ1v) is 7.40. The van der Waals surface area contributed by atoms with Crippen molar-refractivity contribution in [1.82, 2.24) is 10.6 Å².